The Morgan fingerprint density at radius 2 is 1.92 bits per heavy atom. The van der Waals surface area contributed by atoms with Gasteiger partial charge >= 0.3 is 17.3 Å². The molecule has 0 saturated heterocycles. The molecule has 6 aromatic rings. The summed E-state index contributed by atoms with van der Waals surface area (Å²) < 4.78 is 17.9. The van der Waals surface area contributed by atoms with Gasteiger partial charge in [0.05, 0.1) is 39.9 Å². The normalized spacial score (nSPS) is 11.9. The van der Waals surface area contributed by atoms with Crippen LogP contribution in [0.2, 0.25) is 5.02 Å². The molecule has 0 bridgehead atoms. The molecule has 1 unspecified atom stereocenters. The van der Waals surface area contributed by atoms with Crippen molar-refractivity contribution in [1.82, 2.24) is 23.9 Å². The van der Waals surface area contributed by atoms with Crippen molar-refractivity contribution in [2.75, 3.05) is 11.9 Å². The van der Waals surface area contributed by atoms with Crippen LogP contribution in [0.15, 0.2) is 76.4 Å². The number of aromatic nitrogens is 5. The van der Waals surface area contributed by atoms with Gasteiger partial charge < -0.3 is 16.2 Å². The number of rotatable bonds is 9. The van der Waals surface area contributed by atoms with Crippen molar-refractivity contribution in [2.45, 2.75) is 25.8 Å². The Hall–Kier alpha value is -5.84. The fourth-order valence-corrected chi connectivity index (χ4v) is 6.14. The van der Waals surface area contributed by atoms with E-state index in [1.54, 1.807) is 66.5 Å². The van der Waals surface area contributed by atoms with E-state index in [4.69, 9.17) is 17.3 Å². The number of hydrogen-bond donors (Lipinski definition) is 3. The van der Waals surface area contributed by atoms with E-state index >= 15 is 0 Å². The predicted octanol–water partition coefficient (Wildman–Crippen LogP) is 4.58. The van der Waals surface area contributed by atoms with Gasteiger partial charge in [-0.2, -0.15) is 15.3 Å². The van der Waals surface area contributed by atoms with E-state index in [-0.39, 0.29) is 35.3 Å². The summed E-state index contributed by atoms with van der Waals surface area (Å²) >= 11 is 6.74. The number of carboxylic acids is 1. The Balaban J connectivity index is 1.63. The molecule has 0 aliphatic carbocycles. The lowest BCUT2D eigenvalue weighted by Crippen LogP contribution is -2.42. The number of nitrogens with zero attached hydrogens (tertiary/aromatic N) is 6. The molecule has 242 valence electrons. The van der Waals surface area contributed by atoms with Crippen LogP contribution in [0, 0.1) is 17.1 Å². The van der Waals surface area contributed by atoms with Crippen molar-refractivity contribution in [3.8, 4) is 11.8 Å². The third-order valence-corrected chi connectivity index (χ3v) is 8.47. The van der Waals surface area contributed by atoms with Crippen LogP contribution in [0.5, 0.6) is 0 Å². The van der Waals surface area contributed by atoms with Crippen molar-refractivity contribution in [3.63, 3.8) is 0 Å². The van der Waals surface area contributed by atoms with Gasteiger partial charge in [0.2, 0.25) is 5.95 Å². The summed E-state index contributed by atoms with van der Waals surface area (Å²) in [6.45, 7) is 1.54. The highest BCUT2D eigenvalue weighted by atomic mass is 35.5. The minimum atomic E-state index is -1.08. The molecule has 4 aromatic carbocycles. The number of carbonyl (C=O) groups is 1. The number of aliphatic carboxylic acids is 1. The van der Waals surface area contributed by atoms with Crippen LogP contribution in [-0.4, -0.2) is 41.5 Å². The summed E-state index contributed by atoms with van der Waals surface area (Å²) in [6, 6.07) is 17.3. The molecule has 12 nitrogen and oxygen atoms in total. The van der Waals surface area contributed by atoms with E-state index in [1.165, 1.54) is 23.6 Å². The summed E-state index contributed by atoms with van der Waals surface area (Å²) in [7, 11) is 1.76. The van der Waals surface area contributed by atoms with Crippen LogP contribution < -0.4 is 22.4 Å². The van der Waals surface area contributed by atoms with Crippen molar-refractivity contribution < 1.29 is 14.3 Å². The van der Waals surface area contributed by atoms with Crippen LogP contribution in [-0.2, 0) is 24.8 Å². The van der Waals surface area contributed by atoms with Gasteiger partial charge in [0.1, 0.15) is 11.9 Å². The number of nitrogens with two attached hydrogens (primary N) is 1. The molecule has 6 rings (SSSR count). The smallest absolute Gasteiger partial charge is 0.359 e. The van der Waals surface area contributed by atoms with Gasteiger partial charge in [-0.25, -0.2) is 18.5 Å². The Bertz CT molecular complexity index is 2420. The molecule has 0 amide bonds. The Morgan fingerprint density at radius 1 is 1.17 bits per heavy atom. The molecular formula is C34H28ClFN8O4. The number of halogens is 2. The Morgan fingerprint density at radius 3 is 2.62 bits per heavy atom. The lowest BCUT2D eigenvalue weighted by Gasteiger charge is -2.20. The fraction of sp³-hybridized carbons (Fsp3) is 0.176. The first-order valence-corrected chi connectivity index (χ1v) is 15.2. The standard InChI is InChI=1S/C34H28ClFN8O4/c1-18(31(45)46)22-7-3-5-20-6-4-8-28(29(20)22)44-33(47)40-32(43(34(44)48)16-19-9-10-26(36)21(13-19)15-38)39-30-23(11-12-37)24-17-42(2)41-27(24)14-25(30)35/h3-10,13-14,17-18H,11-12,16,37H2,1-2H3,(H,45,46)(H,39,40,47). The van der Waals surface area contributed by atoms with Gasteiger partial charge in [0.25, 0.3) is 0 Å². The number of benzene rings is 4. The molecule has 14 heteroatoms. The van der Waals surface area contributed by atoms with E-state index in [9.17, 15) is 29.1 Å². The van der Waals surface area contributed by atoms with Gasteiger partial charge in [0, 0.05) is 24.0 Å². The number of fused-ring (bicyclic) bond motifs is 2. The van der Waals surface area contributed by atoms with E-state index in [0.717, 1.165) is 16.0 Å². The summed E-state index contributed by atoms with van der Waals surface area (Å²) in [5.41, 5.74) is 6.53. The van der Waals surface area contributed by atoms with E-state index in [0.29, 0.717) is 45.1 Å². The van der Waals surface area contributed by atoms with Crippen molar-refractivity contribution in [3.05, 3.63) is 121 Å². The highest BCUT2D eigenvalue weighted by Crippen LogP contribution is 2.35. The summed E-state index contributed by atoms with van der Waals surface area (Å²) in [5.74, 6) is -2.95. The number of nitriles is 1. The third-order valence-electron chi connectivity index (χ3n) is 8.17. The van der Waals surface area contributed by atoms with Gasteiger partial charge in [-0.15, -0.1) is 0 Å². The lowest BCUT2D eigenvalue weighted by molar-refractivity contribution is -0.138. The molecule has 1 atom stereocenters. The van der Waals surface area contributed by atoms with Gasteiger partial charge in [-0.05, 0) is 66.2 Å². The second-order valence-electron chi connectivity index (χ2n) is 11.2. The third kappa shape index (κ3) is 5.68. The average molecular weight is 667 g/mol. The molecule has 4 N–H and O–H groups in total. The summed E-state index contributed by atoms with van der Waals surface area (Å²) in [5, 5.41) is 28.8. The zero-order valence-electron chi connectivity index (χ0n) is 25.7. The molecule has 0 aliphatic rings. The SMILES string of the molecule is CC(C(=O)O)c1cccc2cccc(-n3c(=O)nc(Nc4c(Cl)cc5nn(C)cc5c4CCN)n(Cc4ccc(F)c(C#N)c4)c3=O)c12. The van der Waals surface area contributed by atoms with Gasteiger partial charge in [0.15, 0.2) is 0 Å². The number of aryl methyl sites for hydroxylation is 1. The first-order chi connectivity index (χ1) is 23.0. The lowest BCUT2D eigenvalue weighted by atomic mass is 9.93. The van der Waals surface area contributed by atoms with Crippen LogP contribution in [0.4, 0.5) is 16.0 Å². The summed E-state index contributed by atoms with van der Waals surface area (Å²) in [6.07, 6.45) is 2.18. The molecule has 0 fully saturated rings. The monoisotopic (exact) mass is 666 g/mol. The van der Waals surface area contributed by atoms with Crippen LogP contribution in [0.25, 0.3) is 27.4 Å². The highest BCUT2D eigenvalue weighted by Gasteiger charge is 2.24. The van der Waals surface area contributed by atoms with Crippen molar-refractivity contribution in [2.24, 2.45) is 12.8 Å². The number of nitrogens with one attached hydrogen (secondary N) is 1. The predicted molar refractivity (Wildman–Crippen MR) is 180 cm³/mol. The average Bonchev–Trinajstić information content (AvgIpc) is 3.43. The zero-order valence-corrected chi connectivity index (χ0v) is 26.5. The first-order valence-electron chi connectivity index (χ1n) is 14.8. The zero-order chi connectivity index (χ0) is 34.3. The van der Waals surface area contributed by atoms with Crippen molar-refractivity contribution >= 4 is 50.9 Å². The fourth-order valence-electron chi connectivity index (χ4n) is 5.87. The first kappa shape index (κ1) is 32.1. The van der Waals surface area contributed by atoms with E-state index < -0.39 is 29.1 Å². The minimum absolute atomic E-state index is 0.134. The number of carboxylic acid groups (broad SMARTS) is 1. The quantitative estimate of drug-likeness (QED) is 0.200. The Kier molecular flexibility index (Phi) is 8.53. The molecule has 0 aliphatic heterocycles. The second-order valence-corrected chi connectivity index (χ2v) is 11.6. The maximum absolute atomic E-state index is 14.5. The molecular weight excluding hydrogens is 639 g/mol. The molecule has 0 saturated carbocycles. The largest absolute Gasteiger partial charge is 0.481 e. The van der Waals surface area contributed by atoms with E-state index in [1.807, 2.05) is 0 Å². The highest BCUT2D eigenvalue weighted by molar-refractivity contribution is 6.34. The summed E-state index contributed by atoms with van der Waals surface area (Å²) in [4.78, 5) is 44.7. The van der Waals surface area contributed by atoms with Gasteiger partial charge in [-0.3, -0.25) is 14.0 Å². The van der Waals surface area contributed by atoms with Crippen molar-refractivity contribution in [1.29, 1.82) is 5.26 Å². The topological polar surface area (TPSA) is 174 Å². The van der Waals surface area contributed by atoms with Crippen LogP contribution in [0.3, 0.4) is 0 Å². The molecule has 2 aromatic heterocycles. The Labute approximate surface area is 277 Å². The number of hydrogen-bond acceptors (Lipinski definition) is 8. The maximum Gasteiger partial charge on any atom is 0.359 e. The molecule has 0 radical (unpaired) electrons. The number of anilines is 2. The van der Waals surface area contributed by atoms with Crippen LogP contribution in [0.1, 0.15) is 35.1 Å². The maximum atomic E-state index is 14.5. The molecule has 48 heavy (non-hydrogen) atoms. The molecule has 0 spiro atoms. The minimum Gasteiger partial charge on any atom is -0.481 e. The van der Waals surface area contributed by atoms with Gasteiger partial charge in [-0.1, -0.05) is 48.0 Å². The van der Waals surface area contributed by atoms with Crippen LogP contribution >= 0.6 is 11.6 Å². The van der Waals surface area contributed by atoms with E-state index in [2.05, 4.69) is 15.4 Å². The second kappa shape index (κ2) is 12.7. The molecule has 2 heterocycles.